The van der Waals surface area contributed by atoms with E-state index < -0.39 is 6.10 Å². The maximum atomic E-state index is 9.48. The van der Waals surface area contributed by atoms with Gasteiger partial charge in [0, 0.05) is 6.61 Å². The molecule has 0 aromatic carbocycles. The Kier molecular flexibility index (Phi) is 2.79. The maximum absolute atomic E-state index is 9.48. The lowest BCUT2D eigenvalue weighted by molar-refractivity contribution is 0.0500. The van der Waals surface area contributed by atoms with E-state index in [4.69, 9.17) is 4.74 Å². The van der Waals surface area contributed by atoms with Crippen molar-refractivity contribution in [2.75, 3.05) is 13.2 Å². The molecular weight excluding hydrogens is 182 g/mol. The Labute approximate surface area is 82.7 Å². The molecule has 1 saturated heterocycles. The van der Waals surface area contributed by atoms with Crippen molar-refractivity contribution >= 4 is 0 Å². The van der Waals surface area contributed by atoms with Crippen molar-refractivity contribution in [1.29, 1.82) is 0 Å². The van der Waals surface area contributed by atoms with Crippen LogP contribution in [0.15, 0.2) is 6.20 Å². The zero-order valence-electron chi connectivity index (χ0n) is 8.26. The lowest BCUT2D eigenvalue weighted by Crippen LogP contribution is -2.24. The Morgan fingerprint density at radius 2 is 2.57 bits per heavy atom. The molecule has 1 N–H and O–H groups in total. The number of aliphatic hydroxyl groups is 1. The van der Waals surface area contributed by atoms with Gasteiger partial charge < -0.3 is 9.84 Å². The molecule has 0 amide bonds. The highest BCUT2D eigenvalue weighted by Crippen LogP contribution is 2.22. The van der Waals surface area contributed by atoms with E-state index in [9.17, 15) is 5.11 Å². The number of hydrogen-bond acceptors (Lipinski definition) is 4. The van der Waals surface area contributed by atoms with Gasteiger partial charge in [0.25, 0.3) is 0 Å². The summed E-state index contributed by atoms with van der Waals surface area (Å²) in [5.41, 5.74) is 0.764. The van der Waals surface area contributed by atoms with Crippen LogP contribution >= 0.6 is 0 Å². The molecule has 1 unspecified atom stereocenters. The average Bonchev–Trinajstić information content (AvgIpc) is 2.67. The standard InChI is InChI=1S/C9H15N3O2/c1-7(13)9-5-10-11-12(9)8-3-2-4-14-6-8/h5,7-8,13H,2-4,6H2,1H3/t7-,8?/m1/s1. The highest BCUT2D eigenvalue weighted by Gasteiger charge is 2.20. The number of aromatic nitrogens is 3. The largest absolute Gasteiger partial charge is 0.387 e. The molecular formula is C9H15N3O2. The van der Waals surface area contributed by atoms with Gasteiger partial charge in [0.15, 0.2) is 0 Å². The van der Waals surface area contributed by atoms with Gasteiger partial charge in [-0.2, -0.15) is 0 Å². The summed E-state index contributed by atoms with van der Waals surface area (Å²) >= 11 is 0. The molecule has 1 aromatic heterocycles. The van der Waals surface area contributed by atoms with Gasteiger partial charge in [-0.1, -0.05) is 5.21 Å². The summed E-state index contributed by atoms with van der Waals surface area (Å²) in [5.74, 6) is 0. The molecule has 5 nitrogen and oxygen atoms in total. The van der Waals surface area contributed by atoms with Gasteiger partial charge in [-0.05, 0) is 19.8 Å². The van der Waals surface area contributed by atoms with E-state index in [0.29, 0.717) is 6.61 Å². The molecule has 78 valence electrons. The Morgan fingerprint density at radius 3 is 3.21 bits per heavy atom. The zero-order chi connectivity index (χ0) is 9.97. The molecule has 1 aromatic rings. The van der Waals surface area contributed by atoms with Crippen molar-refractivity contribution in [3.63, 3.8) is 0 Å². The van der Waals surface area contributed by atoms with Crippen LogP contribution < -0.4 is 0 Å². The van der Waals surface area contributed by atoms with E-state index in [1.807, 2.05) is 0 Å². The molecule has 2 atom stereocenters. The minimum absolute atomic E-state index is 0.232. The first kappa shape index (κ1) is 9.61. The smallest absolute Gasteiger partial charge is 0.0945 e. The fourth-order valence-electron chi connectivity index (χ4n) is 1.75. The zero-order valence-corrected chi connectivity index (χ0v) is 8.26. The molecule has 0 spiro atoms. The lowest BCUT2D eigenvalue weighted by Gasteiger charge is -2.23. The second-order valence-corrected chi connectivity index (χ2v) is 3.65. The van der Waals surface area contributed by atoms with Gasteiger partial charge in [-0.3, -0.25) is 0 Å². The molecule has 0 bridgehead atoms. The van der Waals surface area contributed by atoms with Crippen LogP contribution in [0.5, 0.6) is 0 Å². The van der Waals surface area contributed by atoms with Crippen molar-refractivity contribution in [2.45, 2.75) is 31.9 Å². The van der Waals surface area contributed by atoms with Crippen LogP contribution in [-0.2, 0) is 4.74 Å². The first-order valence-corrected chi connectivity index (χ1v) is 4.95. The number of hydrogen-bond donors (Lipinski definition) is 1. The van der Waals surface area contributed by atoms with E-state index in [0.717, 1.165) is 25.1 Å². The molecule has 5 heteroatoms. The Morgan fingerprint density at radius 1 is 1.71 bits per heavy atom. The van der Waals surface area contributed by atoms with Crippen LogP contribution in [0.4, 0.5) is 0 Å². The second-order valence-electron chi connectivity index (χ2n) is 3.65. The molecule has 2 rings (SSSR count). The van der Waals surface area contributed by atoms with Gasteiger partial charge in [0.05, 0.1) is 30.6 Å². The highest BCUT2D eigenvalue weighted by atomic mass is 16.5. The average molecular weight is 197 g/mol. The maximum Gasteiger partial charge on any atom is 0.0945 e. The van der Waals surface area contributed by atoms with E-state index in [1.54, 1.807) is 17.8 Å². The Bertz CT molecular complexity index is 292. The highest BCUT2D eigenvalue weighted by molar-refractivity contribution is 4.99. The molecule has 0 aliphatic carbocycles. The van der Waals surface area contributed by atoms with Crippen molar-refractivity contribution in [3.8, 4) is 0 Å². The third kappa shape index (κ3) is 1.78. The van der Waals surface area contributed by atoms with Crippen LogP contribution in [-0.4, -0.2) is 33.3 Å². The summed E-state index contributed by atoms with van der Waals surface area (Å²) in [6.07, 6.45) is 3.18. The fourth-order valence-corrected chi connectivity index (χ4v) is 1.75. The summed E-state index contributed by atoms with van der Waals surface area (Å²) in [5, 5.41) is 17.3. The van der Waals surface area contributed by atoms with E-state index in [1.165, 1.54) is 0 Å². The van der Waals surface area contributed by atoms with E-state index in [2.05, 4.69) is 10.3 Å². The van der Waals surface area contributed by atoms with Gasteiger partial charge in [-0.15, -0.1) is 5.10 Å². The van der Waals surface area contributed by atoms with Gasteiger partial charge >= 0.3 is 0 Å². The predicted molar refractivity (Wildman–Crippen MR) is 49.7 cm³/mol. The Balaban J connectivity index is 2.17. The van der Waals surface area contributed by atoms with Crippen LogP contribution in [0, 0.1) is 0 Å². The number of aliphatic hydroxyl groups excluding tert-OH is 1. The van der Waals surface area contributed by atoms with Gasteiger partial charge in [0.2, 0.25) is 0 Å². The molecule has 0 radical (unpaired) electrons. The summed E-state index contributed by atoms with van der Waals surface area (Å²) in [4.78, 5) is 0. The van der Waals surface area contributed by atoms with E-state index in [-0.39, 0.29) is 6.04 Å². The normalized spacial score (nSPS) is 24.9. The van der Waals surface area contributed by atoms with Gasteiger partial charge in [0.1, 0.15) is 0 Å². The van der Waals surface area contributed by atoms with Crippen molar-refractivity contribution < 1.29 is 9.84 Å². The summed E-state index contributed by atoms with van der Waals surface area (Å²) in [6, 6.07) is 0.232. The Hall–Kier alpha value is -0.940. The predicted octanol–water partition coefficient (Wildman–Crippen LogP) is 0.683. The first-order chi connectivity index (χ1) is 6.79. The molecule has 1 aliphatic heterocycles. The molecule has 0 saturated carbocycles. The molecule has 2 heterocycles. The SMILES string of the molecule is C[C@@H](O)c1cnnn1C1CCCOC1. The van der Waals surface area contributed by atoms with Crippen molar-refractivity contribution in [2.24, 2.45) is 0 Å². The monoisotopic (exact) mass is 197 g/mol. The third-order valence-electron chi connectivity index (χ3n) is 2.51. The topological polar surface area (TPSA) is 60.2 Å². The van der Waals surface area contributed by atoms with Crippen molar-refractivity contribution in [3.05, 3.63) is 11.9 Å². The summed E-state index contributed by atoms with van der Waals surface area (Å²) in [7, 11) is 0. The summed E-state index contributed by atoms with van der Waals surface area (Å²) < 4.78 is 7.15. The van der Waals surface area contributed by atoms with Crippen LogP contribution in [0.1, 0.15) is 37.6 Å². The lowest BCUT2D eigenvalue weighted by atomic mass is 10.1. The van der Waals surface area contributed by atoms with E-state index >= 15 is 0 Å². The number of ether oxygens (including phenoxy) is 1. The molecule has 1 aliphatic rings. The molecule has 1 fully saturated rings. The number of rotatable bonds is 2. The number of nitrogens with zero attached hydrogens (tertiary/aromatic N) is 3. The van der Waals surface area contributed by atoms with Gasteiger partial charge in [-0.25, -0.2) is 4.68 Å². The third-order valence-corrected chi connectivity index (χ3v) is 2.51. The minimum atomic E-state index is -0.521. The van der Waals surface area contributed by atoms with Crippen molar-refractivity contribution in [1.82, 2.24) is 15.0 Å². The second kappa shape index (κ2) is 4.06. The minimum Gasteiger partial charge on any atom is -0.387 e. The van der Waals surface area contributed by atoms with Crippen LogP contribution in [0.3, 0.4) is 0 Å². The van der Waals surface area contributed by atoms with Crippen LogP contribution in [0.2, 0.25) is 0 Å². The van der Waals surface area contributed by atoms with Crippen LogP contribution in [0.25, 0.3) is 0 Å². The first-order valence-electron chi connectivity index (χ1n) is 4.95. The summed E-state index contributed by atoms with van der Waals surface area (Å²) in [6.45, 7) is 3.22. The quantitative estimate of drug-likeness (QED) is 0.757. The molecule has 14 heavy (non-hydrogen) atoms. The fraction of sp³-hybridized carbons (Fsp3) is 0.778.